The maximum Gasteiger partial charge on any atom is 0.270 e. The van der Waals surface area contributed by atoms with Gasteiger partial charge in [0.25, 0.3) is 15.0 Å². The van der Waals surface area contributed by atoms with E-state index < -0.39 is 9.05 Å². The first-order chi connectivity index (χ1) is 6.32. The van der Waals surface area contributed by atoms with E-state index >= 15 is 0 Å². The van der Waals surface area contributed by atoms with Gasteiger partial charge in [0.1, 0.15) is 4.21 Å². The van der Waals surface area contributed by atoms with Crippen LogP contribution in [0.3, 0.4) is 0 Å². The Labute approximate surface area is 90.5 Å². The Morgan fingerprint density at radius 2 is 2.00 bits per heavy atom. The average Bonchev–Trinajstić information content (AvgIpc) is 2.49. The topological polar surface area (TPSA) is 54.5 Å². The van der Waals surface area contributed by atoms with Crippen molar-refractivity contribution in [3.8, 4) is 0 Å². The van der Waals surface area contributed by atoms with Crippen LogP contribution in [0.15, 0.2) is 16.3 Å². The van der Waals surface area contributed by atoms with Gasteiger partial charge in [-0.3, -0.25) is 4.79 Å². The molecule has 0 fully saturated rings. The van der Waals surface area contributed by atoms with Gasteiger partial charge < -0.3 is 4.90 Å². The first kappa shape index (κ1) is 11.5. The minimum absolute atomic E-state index is 0.00985. The molecule has 1 rings (SSSR count). The highest BCUT2D eigenvalue weighted by atomic mass is 35.7. The molecule has 0 N–H and O–H groups in total. The van der Waals surface area contributed by atoms with Crippen LogP contribution in [0.4, 0.5) is 0 Å². The van der Waals surface area contributed by atoms with Crippen LogP contribution in [0.5, 0.6) is 0 Å². The van der Waals surface area contributed by atoms with Crippen LogP contribution < -0.4 is 0 Å². The lowest BCUT2D eigenvalue weighted by Gasteiger charge is -2.06. The summed E-state index contributed by atoms with van der Waals surface area (Å²) in [7, 11) is 4.58. The van der Waals surface area contributed by atoms with E-state index in [0.29, 0.717) is 4.88 Å². The quantitative estimate of drug-likeness (QED) is 0.749. The van der Waals surface area contributed by atoms with Gasteiger partial charge >= 0.3 is 0 Å². The number of hydrogen-bond acceptors (Lipinski definition) is 4. The van der Waals surface area contributed by atoms with E-state index in [1.54, 1.807) is 14.1 Å². The van der Waals surface area contributed by atoms with Gasteiger partial charge in [-0.25, -0.2) is 8.42 Å². The van der Waals surface area contributed by atoms with Crippen molar-refractivity contribution < 1.29 is 13.2 Å². The molecule has 0 radical (unpaired) electrons. The molecule has 0 aliphatic heterocycles. The standard InChI is InChI=1S/C7H8ClNO3S2/c1-9(2)7(10)5-3-4-6(13-5)14(8,11)12/h3-4H,1-2H3. The molecule has 0 saturated carbocycles. The molecule has 7 heteroatoms. The van der Waals surface area contributed by atoms with Crippen LogP contribution in [0.1, 0.15) is 9.67 Å². The van der Waals surface area contributed by atoms with Crippen LogP contribution >= 0.6 is 22.0 Å². The highest BCUT2D eigenvalue weighted by Crippen LogP contribution is 2.25. The Hall–Kier alpha value is -0.590. The molecule has 0 saturated heterocycles. The number of hydrogen-bond donors (Lipinski definition) is 0. The number of carbonyl (C=O) groups is 1. The maximum atomic E-state index is 11.4. The van der Waals surface area contributed by atoms with Crippen molar-refractivity contribution >= 4 is 37.0 Å². The van der Waals surface area contributed by atoms with Gasteiger partial charge in [-0.05, 0) is 12.1 Å². The van der Waals surface area contributed by atoms with E-state index in [1.165, 1.54) is 17.0 Å². The molecule has 1 amide bonds. The Balaban J connectivity index is 3.07. The molecule has 0 spiro atoms. The van der Waals surface area contributed by atoms with Crippen LogP contribution in [0.25, 0.3) is 0 Å². The third-order valence-electron chi connectivity index (χ3n) is 1.44. The number of thiophene rings is 1. The lowest BCUT2D eigenvalue weighted by atomic mass is 10.4. The summed E-state index contributed by atoms with van der Waals surface area (Å²) in [6.45, 7) is 0. The van der Waals surface area contributed by atoms with Crippen LogP contribution in [0.2, 0.25) is 0 Å². The molecule has 0 aliphatic carbocycles. The zero-order valence-electron chi connectivity index (χ0n) is 7.52. The Morgan fingerprint density at radius 3 is 2.36 bits per heavy atom. The molecule has 78 valence electrons. The Kier molecular flexibility index (Phi) is 3.18. The fourth-order valence-corrected chi connectivity index (χ4v) is 2.88. The fraction of sp³-hybridized carbons (Fsp3) is 0.286. The smallest absolute Gasteiger partial charge is 0.270 e. The van der Waals surface area contributed by atoms with Crippen LogP contribution in [-0.2, 0) is 9.05 Å². The first-order valence-electron chi connectivity index (χ1n) is 3.58. The largest absolute Gasteiger partial charge is 0.344 e. The lowest BCUT2D eigenvalue weighted by Crippen LogP contribution is -2.20. The van der Waals surface area contributed by atoms with Crippen molar-refractivity contribution in [2.75, 3.05) is 14.1 Å². The summed E-state index contributed by atoms with van der Waals surface area (Å²) in [6, 6.07) is 2.77. The van der Waals surface area contributed by atoms with Crippen molar-refractivity contribution in [1.82, 2.24) is 4.90 Å². The molecular formula is C7H8ClNO3S2. The summed E-state index contributed by atoms with van der Waals surface area (Å²) in [6.07, 6.45) is 0. The van der Waals surface area contributed by atoms with E-state index in [9.17, 15) is 13.2 Å². The van der Waals surface area contributed by atoms with E-state index in [4.69, 9.17) is 10.7 Å². The predicted octanol–water partition coefficient (Wildman–Crippen LogP) is 1.38. The second-order valence-corrected chi connectivity index (χ2v) is 6.63. The summed E-state index contributed by atoms with van der Waals surface area (Å²) in [5.41, 5.74) is 0. The third-order valence-corrected chi connectivity index (χ3v) is 4.60. The summed E-state index contributed by atoms with van der Waals surface area (Å²) >= 11 is 0.865. The molecule has 4 nitrogen and oxygen atoms in total. The highest BCUT2D eigenvalue weighted by molar-refractivity contribution is 8.15. The van der Waals surface area contributed by atoms with Crippen LogP contribution in [0, 0.1) is 0 Å². The van der Waals surface area contributed by atoms with Crippen LogP contribution in [-0.4, -0.2) is 33.3 Å². The summed E-state index contributed by atoms with van der Waals surface area (Å²) in [4.78, 5) is 13.1. The number of nitrogens with zero attached hydrogens (tertiary/aromatic N) is 1. The predicted molar refractivity (Wildman–Crippen MR) is 55.4 cm³/mol. The molecule has 1 aromatic heterocycles. The zero-order chi connectivity index (χ0) is 10.9. The van der Waals surface area contributed by atoms with Gasteiger partial charge in [-0.15, -0.1) is 11.3 Å². The molecular weight excluding hydrogens is 246 g/mol. The summed E-state index contributed by atoms with van der Waals surface area (Å²) in [5.74, 6) is -0.235. The van der Waals surface area contributed by atoms with Gasteiger partial charge in [-0.2, -0.15) is 0 Å². The number of halogens is 1. The molecule has 0 unspecified atom stereocenters. The molecule has 0 bridgehead atoms. The number of carbonyl (C=O) groups excluding carboxylic acids is 1. The van der Waals surface area contributed by atoms with Crippen molar-refractivity contribution in [3.05, 3.63) is 17.0 Å². The maximum absolute atomic E-state index is 11.4. The summed E-state index contributed by atoms with van der Waals surface area (Å²) < 4.78 is 21.8. The fourth-order valence-electron chi connectivity index (χ4n) is 0.787. The number of amides is 1. The van der Waals surface area contributed by atoms with E-state index in [2.05, 4.69) is 0 Å². The Bertz CT molecular complexity index is 449. The highest BCUT2D eigenvalue weighted by Gasteiger charge is 2.17. The van der Waals surface area contributed by atoms with E-state index in [0.717, 1.165) is 11.3 Å². The second-order valence-electron chi connectivity index (χ2n) is 2.76. The van der Waals surface area contributed by atoms with Gasteiger partial charge in [-0.1, -0.05) is 0 Å². The average molecular weight is 254 g/mol. The third kappa shape index (κ3) is 2.46. The monoisotopic (exact) mass is 253 g/mol. The minimum atomic E-state index is -3.72. The van der Waals surface area contributed by atoms with E-state index in [-0.39, 0.29) is 10.1 Å². The van der Waals surface area contributed by atoms with Gasteiger partial charge in [0.2, 0.25) is 0 Å². The van der Waals surface area contributed by atoms with Crippen molar-refractivity contribution in [3.63, 3.8) is 0 Å². The van der Waals surface area contributed by atoms with Crippen molar-refractivity contribution in [2.45, 2.75) is 4.21 Å². The molecule has 0 aromatic carbocycles. The molecule has 14 heavy (non-hydrogen) atoms. The Morgan fingerprint density at radius 1 is 1.43 bits per heavy atom. The van der Waals surface area contributed by atoms with Gasteiger partial charge in [0.05, 0.1) is 4.88 Å². The minimum Gasteiger partial charge on any atom is -0.344 e. The molecule has 1 heterocycles. The molecule has 1 aromatic rings. The number of rotatable bonds is 2. The normalized spacial score (nSPS) is 11.4. The molecule has 0 aliphatic rings. The van der Waals surface area contributed by atoms with E-state index in [1.807, 2.05) is 0 Å². The SMILES string of the molecule is CN(C)C(=O)c1ccc(S(=O)(=O)Cl)s1. The zero-order valence-corrected chi connectivity index (χ0v) is 9.91. The first-order valence-corrected chi connectivity index (χ1v) is 6.71. The second kappa shape index (κ2) is 3.88. The summed E-state index contributed by atoms with van der Waals surface area (Å²) in [5, 5.41) is 0. The van der Waals surface area contributed by atoms with Crippen molar-refractivity contribution in [2.24, 2.45) is 0 Å². The van der Waals surface area contributed by atoms with Crippen molar-refractivity contribution in [1.29, 1.82) is 0 Å². The van der Waals surface area contributed by atoms with Gasteiger partial charge in [0.15, 0.2) is 0 Å². The molecule has 0 atom stereocenters. The lowest BCUT2D eigenvalue weighted by molar-refractivity contribution is 0.0832. The van der Waals surface area contributed by atoms with Gasteiger partial charge in [0, 0.05) is 24.8 Å².